The van der Waals surface area contributed by atoms with Crippen LogP contribution >= 0.6 is 15.9 Å². The molecule has 3 aromatic rings. The zero-order valence-corrected chi connectivity index (χ0v) is 20.4. The lowest BCUT2D eigenvalue weighted by Gasteiger charge is -2.38. The molecule has 0 saturated carbocycles. The second-order valence-corrected chi connectivity index (χ2v) is 8.84. The molecule has 0 aliphatic carbocycles. The number of ether oxygens (including phenoxy) is 2. The van der Waals surface area contributed by atoms with Crippen molar-refractivity contribution in [2.75, 3.05) is 20.7 Å². The number of pyridine rings is 1. The SMILES string of the molecule is COc1cc2c(cc1OCc1ccccc1)C[N+](C)(Cc1ccc(Br)cn1)CC2.[Br-]. The van der Waals surface area contributed by atoms with Crippen molar-refractivity contribution < 1.29 is 30.9 Å². The van der Waals surface area contributed by atoms with Crippen LogP contribution in [0.2, 0.25) is 0 Å². The maximum Gasteiger partial charge on any atom is 0.162 e. The maximum absolute atomic E-state index is 6.13. The van der Waals surface area contributed by atoms with Gasteiger partial charge < -0.3 is 30.9 Å². The molecule has 4 nitrogen and oxygen atoms in total. The van der Waals surface area contributed by atoms with Gasteiger partial charge in [-0.15, -0.1) is 0 Å². The van der Waals surface area contributed by atoms with Gasteiger partial charge in [0.25, 0.3) is 0 Å². The van der Waals surface area contributed by atoms with Gasteiger partial charge in [-0.2, -0.15) is 0 Å². The third-order valence-corrected chi connectivity index (χ3v) is 6.00. The van der Waals surface area contributed by atoms with Gasteiger partial charge in [-0.25, -0.2) is 0 Å². The molecule has 1 aliphatic heterocycles. The van der Waals surface area contributed by atoms with Crippen molar-refractivity contribution in [3.8, 4) is 11.5 Å². The van der Waals surface area contributed by atoms with Crippen LogP contribution in [0.25, 0.3) is 0 Å². The van der Waals surface area contributed by atoms with Crippen molar-refractivity contribution >= 4 is 15.9 Å². The van der Waals surface area contributed by atoms with Crippen LogP contribution < -0.4 is 26.5 Å². The fourth-order valence-electron chi connectivity index (χ4n) is 3.94. The second-order valence-electron chi connectivity index (χ2n) is 7.92. The Morgan fingerprint density at radius 3 is 2.50 bits per heavy atom. The summed E-state index contributed by atoms with van der Waals surface area (Å²) >= 11 is 3.47. The van der Waals surface area contributed by atoms with Gasteiger partial charge >= 0.3 is 0 Å². The summed E-state index contributed by atoms with van der Waals surface area (Å²) in [6.07, 6.45) is 2.90. The Hall–Kier alpha value is -1.89. The largest absolute Gasteiger partial charge is 1.00 e. The summed E-state index contributed by atoms with van der Waals surface area (Å²) in [6, 6.07) is 18.7. The molecule has 0 spiro atoms. The Kier molecular flexibility index (Phi) is 7.55. The molecule has 0 N–H and O–H groups in total. The van der Waals surface area contributed by atoms with Gasteiger partial charge in [0.05, 0.1) is 26.4 Å². The summed E-state index contributed by atoms with van der Waals surface area (Å²) in [7, 11) is 4.01. The number of quaternary nitrogens is 1. The summed E-state index contributed by atoms with van der Waals surface area (Å²) in [5, 5.41) is 0. The molecule has 6 heteroatoms. The predicted octanol–water partition coefficient (Wildman–Crippen LogP) is 2.14. The molecule has 1 aromatic heterocycles. The quantitative estimate of drug-likeness (QED) is 0.455. The number of nitrogens with zero attached hydrogens (tertiary/aromatic N) is 2. The molecule has 4 rings (SSSR count). The molecule has 0 saturated heterocycles. The molecule has 30 heavy (non-hydrogen) atoms. The first kappa shape index (κ1) is 22.8. The van der Waals surface area contributed by atoms with Crippen LogP contribution in [0.1, 0.15) is 22.4 Å². The van der Waals surface area contributed by atoms with Gasteiger partial charge in [0.15, 0.2) is 11.5 Å². The van der Waals surface area contributed by atoms with Crippen LogP contribution in [-0.2, 0) is 26.1 Å². The van der Waals surface area contributed by atoms with Gasteiger partial charge in [-0.1, -0.05) is 30.3 Å². The van der Waals surface area contributed by atoms with E-state index in [-0.39, 0.29) is 17.0 Å². The summed E-state index contributed by atoms with van der Waals surface area (Å²) in [5.74, 6) is 1.62. The molecule has 2 heterocycles. The van der Waals surface area contributed by atoms with E-state index in [1.165, 1.54) is 11.1 Å². The summed E-state index contributed by atoms with van der Waals surface area (Å²) < 4.78 is 13.7. The number of fused-ring (bicyclic) bond motifs is 1. The van der Waals surface area contributed by atoms with Crippen LogP contribution in [0.5, 0.6) is 11.5 Å². The molecule has 2 aromatic carbocycles. The lowest BCUT2D eigenvalue weighted by atomic mass is 9.97. The standard InChI is InChI=1S/C24H26BrN2O2.BrH/c1-27(16-22-9-8-21(25)14-26-22)11-10-19-12-23(28-2)24(13-20(19)15-27)29-17-18-6-4-3-5-7-18;/h3-9,12-14H,10-11,15-17H2,1-2H3;1H/q+1;/p-1. The number of aromatic nitrogens is 1. The highest BCUT2D eigenvalue weighted by molar-refractivity contribution is 9.10. The zero-order chi connectivity index (χ0) is 20.3. The number of rotatable bonds is 6. The van der Waals surface area contributed by atoms with Crippen LogP contribution in [0.15, 0.2) is 65.3 Å². The highest BCUT2D eigenvalue weighted by Crippen LogP contribution is 2.36. The summed E-state index contributed by atoms with van der Waals surface area (Å²) in [6.45, 7) is 3.49. The van der Waals surface area contributed by atoms with Crippen LogP contribution in [0.3, 0.4) is 0 Å². The minimum Gasteiger partial charge on any atom is -1.00 e. The summed E-state index contributed by atoms with van der Waals surface area (Å²) in [5.41, 5.74) is 4.95. The van der Waals surface area contributed by atoms with E-state index in [0.29, 0.717) is 6.61 Å². The fraction of sp³-hybridized carbons (Fsp3) is 0.292. The highest BCUT2D eigenvalue weighted by Gasteiger charge is 2.30. The van der Waals surface area contributed by atoms with Gasteiger partial charge in [-0.3, -0.25) is 4.98 Å². The Labute approximate surface area is 197 Å². The zero-order valence-electron chi connectivity index (χ0n) is 17.3. The monoisotopic (exact) mass is 532 g/mol. The first-order valence-electron chi connectivity index (χ1n) is 9.85. The van der Waals surface area contributed by atoms with E-state index < -0.39 is 0 Å². The van der Waals surface area contributed by atoms with E-state index in [4.69, 9.17) is 9.47 Å². The highest BCUT2D eigenvalue weighted by atomic mass is 79.9. The van der Waals surface area contributed by atoms with E-state index in [2.05, 4.69) is 64.4 Å². The molecule has 1 aliphatic rings. The molecular weight excluding hydrogens is 508 g/mol. The van der Waals surface area contributed by atoms with Crippen molar-refractivity contribution in [2.45, 2.75) is 26.1 Å². The van der Waals surface area contributed by atoms with Crippen molar-refractivity contribution in [1.29, 1.82) is 0 Å². The molecule has 0 bridgehead atoms. The second kappa shape index (κ2) is 9.94. The Morgan fingerprint density at radius 1 is 1.03 bits per heavy atom. The van der Waals surface area contributed by atoms with Crippen molar-refractivity contribution in [3.63, 3.8) is 0 Å². The molecule has 158 valence electrons. The average molecular weight is 534 g/mol. The fourth-order valence-corrected chi connectivity index (χ4v) is 4.17. The minimum atomic E-state index is 0. The maximum atomic E-state index is 6.13. The minimum absolute atomic E-state index is 0. The first-order chi connectivity index (χ1) is 14.0. The average Bonchev–Trinajstić information content (AvgIpc) is 2.74. The van der Waals surface area contributed by atoms with Gasteiger partial charge in [0.1, 0.15) is 19.7 Å². The predicted molar refractivity (Wildman–Crippen MR) is 118 cm³/mol. The van der Waals surface area contributed by atoms with Crippen LogP contribution in [0, 0.1) is 0 Å². The molecule has 1 atom stereocenters. The molecule has 0 radical (unpaired) electrons. The van der Waals surface area contributed by atoms with Crippen molar-refractivity contribution in [2.24, 2.45) is 0 Å². The normalized spacial score (nSPS) is 17.6. The van der Waals surface area contributed by atoms with E-state index in [1.54, 1.807) is 7.11 Å². The topological polar surface area (TPSA) is 31.4 Å². The summed E-state index contributed by atoms with van der Waals surface area (Å²) in [4.78, 5) is 4.57. The number of hydrogen-bond acceptors (Lipinski definition) is 3. The van der Waals surface area contributed by atoms with Crippen LogP contribution in [0.4, 0.5) is 0 Å². The van der Waals surface area contributed by atoms with E-state index >= 15 is 0 Å². The number of halogens is 2. The van der Waals surface area contributed by atoms with E-state index in [1.807, 2.05) is 24.4 Å². The van der Waals surface area contributed by atoms with Crippen LogP contribution in [-0.4, -0.2) is 30.2 Å². The third kappa shape index (κ3) is 5.42. The van der Waals surface area contributed by atoms with Gasteiger partial charge in [-0.05, 0) is 51.3 Å². The van der Waals surface area contributed by atoms with E-state index in [9.17, 15) is 0 Å². The number of methoxy groups -OCH3 is 1. The van der Waals surface area contributed by atoms with Crippen molar-refractivity contribution in [3.05, 3.63) is 87.7 Å². The Balaban J connectivity index is 0.00000256. The lowest BCUT2D eigenvalue weighted by Crippen LogP contribution is -3.00. The molecule has 1 unspecified atom stereocenters. The molecular formula is C24H26Br2N2O2. The van der Waals surface area contributed by atoms with Crippen molar-refractivity contribution in [1.82, 2.24) is 4.98 Å². The Bertz CT molecular complexity index is 981. The molecule has 0 fully saturated rings. The first-order valence-corrected chi connectivity index (χ1v) is 10.6. The molecule has 0 amide bonds. The number of likely N-dealkylation sites (N-methyl/N-ethyl adjacent to an activating group) is 1. The third-order valence-electron chi connectivity index (χ3n) is 5.53. The van der Waals surface area contributed by atoms with Gasteiger partial charge in [0.2, 0.25) is 0 Å². The van der Waals surface area contributed by atoms with Gasteiger partial charge in [0, 0.05) is 22.7 Å². The van der Waals surface area contributed by atoms with E-state index in [0.717, 1.165) is 57.8 Å². The lowest BCUT2D eigenvalue weighted by molar-refractivity contribution is -0.937. The smallest absolute Gasteiger partial charge is 0.162 e. The number of benzene rings is 2. The Morgan fingerprint density at radius 2 is 1.80 bits per heavy atom. The number of hydrogen-bond donors (Lipinski definition) is 0.